The third-order valence-corrected chi connectivity index (χ3v) is 3.08. The second kappa shape index (κ2) is 5.80. The fourth-order valence-electron chi connectivity index (χ4n) is 2.30. The molecule has 0 aliphatic carbocycles. The Kier molecular flexibility index (Phi) is 4.99. The smallest absolute Gasteiger partial charge is 0.114 e. The lowest BCUT2D eigenvalue weighted by molar-refractivity contribution is -0.238. The molecule has 0 amide bonds. The normalized spacial score (nSPS) is 41.8. The van der Waals surface area contributed by atoms with Crippen molar-refractivity contribution in [3.8, 4) is 0 Å². The maximum atomic E-state index is 5.84. The maximum Gasteiger partial charge on any atom is 0.114 e. The lowest BCUT2D eigenvalue weighted by atomic mass is 9.94. The minimum absolute atomic E-state index is 0.0382. The van der Waals surface area contributed by atoms with Gasteiger partial charge in [-0.3, -0.25) is 0 Å². The van der Waals surface area contributed by atoms with Gasteiger partial charge in [-0.2, -0.15) is 0 Å². The molecule has 0 bridgehead atoms. The van der Waals surface area contributed by atoms with E-state index in [-0.39, 0.29) is 30.5 Å². The van der Waals surface area contributed by atoms with Crippen molar-refractivity contribution < 1.29 is 18.9 Å². The van der Waals surface area contributed by atoms with Crippen LogP contribution in [0.2, 0.25) is 0 Å². The van der Waals surface area contributed by atoms with Gasteiger partial charge in [-0.15, -0.1) is 0 Å². The van der Waals surface area contributed by atoms with Crippen LogP contribution < -0.4 is 0 Å². The predicted octanol–water partition coefficient (Wildman–Crippen LogP) is 1.23. The highest BCUT2D eigenvalue weighted by atomic mass is 16.6. The van der Waals surface area contributed by atoms with Crippen molar-refractivity contribution in [3.05, 3.63) is 0 Å². The summed E-state index contributed by atoms with van der Waals surface area (Å²) < 4.78 is 22.2. The predicted molar refractivity (Wildman–Crippen MR) is 57.0 cm³/mol. The Morgan fingerprint density at radius 1 is 0.933 bits per heavy atom. The largest absolute Gasteiger partial charge is 0.376 e. The molecule has 1 aliphatic rings. The summed E-state index contributed by atoms with van der Waals surface area (Å²) in [6.45, 7) is 4.10. The van der Waals surface area contributed by atoms with Crippen LogP contribution in [-0.2, 0) is 18.9 Å². The monoisotopic (exact) mass is 218 g/mol. The van der Waals surface area contributed by atoms with E-state index in [1.54, 1.807) is 21.3 Å². The molecular formula is C11H22O4. The van der Waals surface area contributed by atoms with Gasteiger partial charge in [-0.25, -0.2) is 0 Å². The minimum Gasteiger partial charge on any atom is -0.376 e. The van der Waals surface area contributed by atoms with E-state index in [2.05, 4.69) is 6.92 Å². The van der Waals surface area contributed by atoms with Crippen LogP contribution in [0.5, 0.6) is 0 Å². The lowest BCUT2D eigenvalue weighted by Gasteiger charge is -2.43. The number of methoxy groups -OCH3 is 3. The van der Waals surface area contributed by atoms with Gasteiger partial charge in [0.1, 0.15) is 18.3 Å². The average Bonchev–Trinajstić information content (AvgIpc) is 2.27. The Balaban J connectivity index is 2.80. The van der Waals surface area contributed by atoms with Crippen LogP contribution in [0.1, 0.15) is 20.3 Å². The molecule has 5 unspecified atom stereocenters. The molecule has 0 saturated carbocycles. The van der Waals surface area contributed by atoms with Crippen molar-refractivity contribution in [2.75, 3.05) is 21.3 Å². The number of ether oxygens (including phenoxy) is 4. The van der Waals surface area contributed by atoms with Crippen LogP contribution in [0.15, 0.2) is 0 Å². The molecule has 15 heavy (non-hydrogen) atoms. The van der Waals surface area contributed by atoms with Gasteiger partial charge in [-0.05, 0) is 13.3 Å². The van der Waals surface area contributed by atoms with Crippen LogP contribution in [0.4, 0.5) is 0 Å². The summed E-state index contributed by atoms with van der Waals surface area (Å²) in [5, 5.41) is 0. The van der Waals surface area contributed by atoms with Crippen LogP contribution in [0.25, 0.3) is 0 Å². The van der Waals surface area contributed by atoms with Crippen molar-refractivity contribution in [3.63, 3.8) is 0 Å². The van der Waals surface area contributed by atoms with Crippen molar-refractivity contribution in [2.45, 2.75) is 50.8 Å². The van der Waals surface area contributed by atoms with Gasteiger partial charge in [0.2, 0.25) is 0 Å². The van der Waals surface area contributed by atoms with Gasteiger partial charge >= 0.3 is 0 Å². The first kappa shape index (κ1) is 12.9. The summed E-state index contributed by atoms with van der Waals surface area (Å²) in [7, 11) is 5.05. The summed E-state index contributed by atoms with van der Waals surface area (Å²) in [5.74, 6) is 0. The Bertz CT molecular complexity index is 185. The van der Waals surface area contributed by atoms with E-state index in [4.69, 9.17) is 18.9 Å². The Hall–Kier alpha value is -0.160. The molecule has 0 aromatic carbocycles. The highest BCUT2D eigenvalue weighted by molar-refractivity contribution is 4.92. The number of hydrogen-bond donors (Lipinski definition) is 0. The van der Waals surface area contributed by atoms with E-state index < -0.39 is 0 Å². The van der Waals surface area contributed by atoms with Crippen LogP contribution in [0, 0.1) is 0 Å². The molecule has 0 aromatic heterocycles. The minimum atomic E-state index is -0.0669. The quantitative estimate of drug-likeness (QED) is 0.711. The van der Waals surface area contributed by atoms with E-state index in [1.807, 2.05) is 6.92 Å². The van der Waals surface area contributed by atoms with Crippen molar-refractivity contribution in [1.29, 1.82) is 0 Å². The number of rotatable bonds is 4. The summed E-state index contributed by atoms with van der Waals surface area (Å²) in [6, 6.07) is 0. The molecule has 4 heteroatoms. The second-order valence-electron chi connectivity index (χ2n) is 3.89. The van der Waals surface area contributed by atoms with E-state index >= 15 is 0 Å². The molecule has 0 N–H and O–H groups in total. The highest BCUT2D eigenvalue weighted by Crippen LogP contribution is 2.28. The molecule has 5 atom stereocenters. The van der Waals surface area contributed by atoms with Crippen molar-refractivity contribution in [1.82, 2.24) is 0 Å². The molecule has 90 valence electrons. The molecule has 1 heterocycles. The van der Waals surface area contributed by atoms with Crippen molar-refractivity contribution >= 4 is 0 Å². The van der Waals surface area contributed by atoms with Crippen molar-refractivity contribution in [2.24, 2.45) is 0 Å². The fourth-order valence-corrected chi connectivity index (χ4v) is 2.30. The SMILES string of the molecule is CCC1OC(C)C(OC)C(OC)C1OC. The Morgan fingerprint density at radius 3 is 1.87 bits per heavy atom. The average molecular weight is 218 g/mol. The zero-order valence-electron chi connectivity index (χ0n) is 10.2. The van der Waals surface area contributed by atoms with E-state index in [0.717, 1.165) is 6.42 Å². The highest BCUT2D eigenvalue weighted by Gasteiger charge is 2.44. The van der Waals surface area contributed by atoms with E-state index in [0.29, 0.717) is 0 Å². The van der Waals surface area contributed by atoms with E-state index in [1.165, 1.54) is 0 Å². The number of hydrogen-bond acceptors (Lipinski definition) is 4. The van der Waals surface area contributed by atoms with Gasteiger partial charge in [-0.1, -0.05) is 6.92 Å². The standard InChI is InChI=1S/C11H22O4/c1-6-8-10(13-4)11(14-5)9(12-3)7(2)15-8/h7-11H,6H2,1-5H3. The second-order valence-corrected chi connectivity index (χ2v) is 3.89. The molecule has 4 nitrogen and oxygen atoms in total. The van der Waals surface area contributed by atoms with E-state index in [9.17, 15) is 0 Å². The Morgan fingerprint density at radius 2 is 1.47 bits per heavy atom. The third-order valence-electron chi connectivity index (χ3n) is 3.08. The van der Waals surface area contributed by atoms with Gasteiger partial charge in [0, 0.05) is 21.3 Å². The van der Waals surface area contributed by atoms with Gasteiger partial charge < -0.3 is 18.9 Å². The summed E-state index contributed by atoms with van der Waals surface area (Å²) in [4.78, 5) is 0. The zero-order chi connectivity index (χ0) is 11.4. The van der Waals surface area contributed by atoms with Crippen LogP contribution >= 0.6 is 0 Å². The molecule has 0 spiro atoms. The molecule has 1 aliphatic heterocycles. The molecule has 1 rings (SSSR count). The molecule has 0 radical (unpaired) electrons. The molecular weight excluding hydrogens is 196 g/mol. The van der Waals surface area contributed by atoms with Crippen LogP contribution in [-0.4, -0.2) is 51.8 Å². The molecule has 0 aromatic rings. The molecule has 1 saturated heterocycles. The summed E-state index contributed by atoms with van der Waals surface area (Å²) >= 11 is 0. The van der Waals surface area contributed by atoms with Crippen LogP contribution in [0.3, 0.4) is 0 Å². The summed E-state index contributed by atoms with van der Waals surface area (Å²) in [5.41, 5.74) is 0. The summed E-state index contributed by atoms with van der Waals surface area (Å²) in [6.07, 6.45) is 0.856. The Labute approximate surface area is 91.8 Å². The first-order chi connectivity index (χ1) is 7.19. The lowest BCUT2D eigenvalue weighted by Crippen LogP contribution is -2.58. The zero-order valence-corrected chi connectivity index (χ0v) is 10.2. The topological polar surface area (TPSA) is 36.9 Å². The third kappa shape index (κ3) is 2.50. The fraction of sp³-hybridized carbons (Fsp3) is 1.00. The first-order valence-corrected chi connectivity index (χ1v) is 5.43. The van der Waals surface area contributed by atoms with Gasteiger partial charge in [0.15, 0.2) is 0 Å². The van der Waals surface area contributed by atoms with Gasteiger partial charge in [0.25, 0.3) is 0 Å². The maximum absolute atomic E-state index is 5.84. The first-order valence-electron chi connectivity index (χ1n) is 5.43. The van der Waals surface area contributed by atoms with Gasteiger partial charge in [0.05, 0.1) is 12.2 Å². The molecule has 1 fully saturated rings.